The van der Waals surface area contributed by atoms with Gasteiger partial charge in [-0.05, 0) is 48.7 Å². The van der Waals surface area contributed by atoms with Crippen molar-refractivity contribution in [1.29, 1.82) is 0 Å². The third-order valence-corrected chi connectivity index (χ3v) is 6.58. The summed E-state index contributed by atoms with van der Waals surface area (Å²) in [6.07, 6.45) is 2.77. The second-order valence-corrected chi connectivity index (χ2v) is 8.60. The van der Waals surface area contributed by atoms with Crippen LogP contribution in [0, 0.1) is 12.7 Å². The molecule has 5 rings (SSSR count). The Kier molecular flexibility index (Phi) is 5.03. The van der Waals surface area contributed by atoms with Gasteiger partial charge in [0.2, 0.25) is 0 Å². The van der Waals surface area contributed by atoms with Gasteiger partial charge in [0.1, 0.15) is 10.6 Å². The Bertz CT molecular complexity index is 1380. The SMILES string of the molecule is Cc1nn(Cc2ccc(F)cc2)c2sc(C(=O)NCCc3c[nH]c4ccccc34)cc12. The largest absolute Gasteiger partial charge is 0.361 e. The number of halogens is 1. The van der Waals surface area contributed by atoms with Crippen LogP contribution in [0.25, 0.3) is 21.1 Å². The van der Waals surface area contributed by atoms with Crippen molar-refractivity contribution in [2.24, 2.45) is 0 Å². The van der Waals surface area contributed by atoms with Crippen LogP contribution in [-0.2, 0) is 13.0 Å². The Balaban J connectivity index is 1.29. The number of aromatic nitrogens is 3. The topological polar surface area (TPSA) is 62.7 Å². The number of aromatic amines is 1. The van der Waals surface area contributed by atoms with Gasteiger partial charge in [-0.25, -0.2) is 4.39 Å². The van der Waals surface area contributed by atoms with E-state index in [2.05, 4.69) is 21.5 Å². The second kappa shape index (κ2) is 8.00. The van der Waals surface area contributed by atoms with Gasteiger partial charge in [0.15, 0.2) is 0 Å². The molecule has 2 N–H and O–H groups in total. The minimum absolute atomic E-state index is 0.0752. The quantitative estimate of drug-likeness (QED) is 0.395. The number of rotatable bonds is 6. The fourth-order valence-electron chi connectivity index (χ4n) is 3.83. The van der Waals surface area contributed by atoms with Crippen LogP contribution in [0.2, 0.25) is 0 Å². The summed E-state index contributed by atoms with van der Waals surface area (Å²) in [5.41, 5.74) is 4.14. The molecule has 1 amide bonds. The smallest absolute Gasteiger partial charge is 0.261 e. The molecule has 5 nitrogen and oxygen atoms in total. The van der Waals surface area contributed by atoms with Gasteiger partial charge >= 0.3 is 0 Å². The Morgan fingerprint density at radius 3 is 2.81 bits per heavy atom. The first-order valence-electron chi connectivity index (χ1n) is 10.1. The van der Waals surface area contributed by atoms with E-state index in [9.17, 15) is 9.18 Å². The lowest BCUT2D eigenvalue weighted by molar-refractivity contribution is 0.0958. The molecule has 7 heteroatoms. The second-order valence-electron chi connectivity index (χ2n) is 7.56. The molecule has 0 radical (unpaired) electrons. The van der Waals surface area contributed by atoms with Crippen LogP contribution < -0.4 is 5.32 Å². The predicted molar refractivity (Wildman–Crippen MR) is 122 cm³/mol. The van der Waals surface area contributed by atoms with Crippen molar-refractivity contribution in [1.82, 2.24) is 20.1 Å². The summed E-state index contributed by atoms with van der Waals surface area (Å²) in [4.78, 5) is 17.6. The molecular weight excluding hydrogens is 411 g/mol. The first-order valence-corrected chi connectivity index (χ1v) is 10.9. The fraction of sp³-hybridized carbons (Fsp3) is 0.167. The zero-order valence-corrected chi connectivity index (χ0v) is 17.8. The van der Waals surface area contributed by atoms with E-state index in [0.717, 1.165) is 33.4 Å². The summed E-state index contributed by atoms with van der Waals surface area (Å²) < 4.78 is 15.1. The van der Waals surface area contributed by atoms with Crippen LogP contribution in [0.1, 0.15) is 26.5 Å². The molecule has 2 aromatic carbocycles. The van der Waals surface area contributed by atoms with Gasteiger partial charge in [0.05, 0.1) is 17.1 Å². The maximum absolute atomic E-state index is 13.2. The van der Waals surface area contributed by atoms with Crippen molar-refractivity contribution < 1.29 is 9.18 Å². The fourth-order valence-corrected chi connectivity index (χ4v) is 4.91. The Hall–Kier alpha value is -3.45. The lowest BCUT2D eigenvalue weighted by atomic mass is 10.1. The highest BCUT2D eigenvalue weighted by atomic mass is 32.1. The van der Waals surface area contributed by atoms with E-state index in [4.69, 9.17) is 0 Å². The van der Waals surface area contributed by atoms with E-state index in [1.54, 1.807) is 12.1 Å². The minimum atomic E-state index is -0.256. The predicted octanol–water partition coefficient (Wildman–Crippen LogP) is 5.05. The highest BCUT2D eigenvalue weighted by Gasteiger charge is 2.16. The van der Waals surface area contributed by atoms with Crippen molar-refractivity contribution in [3.63, 3.8) is 0 Å². The van der Waals surface area contributed by atoms with Gasteiger partial charge in [-0.2, -0.15) is 5.10 Å². The van der Waals surface area contributed by atoms with Crippen molar-refractivity contribution in [3.8, 4) is 0 Å². The number of benzene rings is 2. The van der Waals surface area contributed by atoms with Gasteiger partial charge in [0, 0.05) is 29.0 Å². The van der Waals surface area contributed by atoms with Crippen LogP contribution in [0.3, 0.4) is 0 Å². The molecule has 0 spiro atoms. The number of fused-ring (bicyclic) bond motifs is 2. The number of hydrogen-bond donors (Lipinski definition) is 2. The molecule has 156 valence electrons. The maximum Gasteiger partial charge on any atom is 0.261 e. The minimum Gasteiger partial charge on any atom is -0.361 e. The van der Waals surface area contributed by atoms with Gasteiger partial charge in [-0.15, -0.1) is 11.3 Å². The molecule has 0 atom stereocenters. The summed E-state index contributed by atoms with van der Waals surface area (Å²) in [6, 6.07) is 16.5. The molecule has 0 aliphatic heterocycles. The van der Waals surface area contributed by atoms with Gasteiger partial charge in [-0.1, -0.05) is 30.3 Å². The van der Waals surface area contributed by atoms with Gasteiger partial charge in [0.25, 0.3) is 5.91 Å². The molecule has 0 bridgehead atoms. The first-order chi connectivity index (χ1) is 15.1. The molecule has 0 unspecified atom stereocenters. The van der Waals surface area contributed by atoms with E-state index >= 15 is 0 Å². The first kappa shape index (κ1) is 19.5. The number of H-pyrrole nitrogens is 1. The van der Waals surface area contributed by atoms with E-state index in [-0.39, 0.29) is 11.7 Å². The number of carbonyl (C=O) groups excluding carboxylic acids is 1. The summed E-state index contributed by atoms with van der Waals surface area (Å²) in [5, 5.41) is 9.80. The molecule has 0 aliphatic carbocycles. The Morgan fingerprint density at radius 2 is 1.97 bits per heavy atom. The lowest BCUT2D eigenvalue weighted by Crippen LogP contribution is -2.24. The molecular formula is C24H21FN4OS. The number of aryl methyl sites for hydroxylation is 1. The molecule has 0 saturated heterocycles. The molecule has 0 aliphatic rings. The average molecular weight is 433 g/mol. The monoisotopic (exact) mass is 432 g/mol. The number of amides is 1. The van der Waals surface area contributed by atoms with Crippen molar-refractivity contribution in [2.75, 3.05) is 6.54 Å². The van der Waals surface area contributed by atoms with Crippen molar-refractivity contribution >= 4 is 38.4 Å². The number of carbonyl (C=O) groups is 1. The third kappa shape index (κ3) is 3.84. The number of thiophene rings is 1. The van der Waals surface area contributed by atoms with Crippen LogP contribution in [0.4, 0.5) is 4.39 Å². The van der Waals surface area contributed by atoms with Crippen LogP contribution in [0.15, 0.2) is 60.8 Å². The average Bonchev–Trinajstić information content (AvgIpc) is 3.46. The summed E-state index contributed by atoms with van der Waals surface area (Å²) in [6.45, 7) is 3.04. The molecule has 0 fully saturated rings. The third-order valence-electron chi connectivity index (χ3n) is 5.43. The summed E-state index contributed by atoms with van der Waals surface area (Å²) >= 11 is 1.43. The van der Waals surface area contributed by atoms with E-state index < -0.39 is 0 Å². The Morgan fingerprint density at radius 1 is 1.16 bits per heavy atom. The summed E-state index contributed by atoms with van der Waals surface area (Å²) in [7, 11) is 0. The van der Waals surface area contributed by atoms with Crippen LogP contribution in [0.5, 0.6) is 0 Å². The van der Waals surface area contributed by atoms with Crippen LogP contribution >= 0.6 is 11.3 Å². The zero-order valence-electron chi connectivity index (χ0n) is 17.0. The van der Waals surface area contributed by atoms with Crippen molar-refractivity contribution in [2.45, 2.75) is 19.9 Å². The standard InChI is InChI=1S/C24H21FN4OS/c1-15-20-12-22(31-24(20)29(28-15)14-16-6-8-18(25)9-7-16)23(30)26-11-10-17-13-27-21-5-3-2-4-19(17)21/h2-9,12-13,27H,10-11,14H2,1H3,(H,26,30). The van der Waals surface area contributed by atoms with E-state index in [1.807, 2.05) is 42.1 Å². The number of nitrogens with zero attached hydrogens (tertiary/aromatic N) is 2. The van der Waals surface area contributed by atoms with E-state index in [0.29, 0.717) is 18.0 Å². The van der Waals surface area contributed by atoms with Crippen molar-refractivity contribution in [3.05, 3.63) is 88.3 Å². The highest BCUT2D eigenvalue weighted by molar-refractivity contribution is 7.20. The number of hydrogen-bond acceptors (Lipinski definition) is 3. The lowest BCUT2D eigenvalue weighted by Gasteiger charge is -2.04. The number of nitrogens with one attached hydrogen (secondary N) is 2. The molecule has 3 heterocycles. The maximum atomic E-state index is 13.2. The highest BCUT2D eigenvalue weighted by Crippen LogP contribution is 2.29. The molecule has 31 heavy (non-hydrogen) atoms. The van der Waals surface area contributed by atoms with Crippen LogP contribution in [-0.4, -0.2) is 27.2 Å². The van der Waals surface area contributed by atoms with Gasteiger partial charge < -0.3 is 10.3 Å². The van der Waals surface area contributed by atoms with Gasteiger partial charge in [-0.3, -0.25) is 9.48 Å². The Labute approximate surface area is 182 Å². The number of para-hydroxylation sites is 1. The normalized spacial score (nSPS) is 11.4. The molecule has 0 saturated carbocycles. The molecule has 3 aromatic heterocycles. The summed E-state index contributed by atoms with van der Waals surface area (Å²) in [5.74, 6) is -0.331. The zero-order chi connectivity index (χ0) is 21.4. The molecule has 5 aromatic rings. The van der Waals surface area contributed by atoms with E-state index in [1.165, 1.54) is 34.4 Å².